The van der Waals surface area contributed by atoms with Gasteiger partial charge in [-0.15, -0.1) is 0 Å². The first kappa shape index (κ1) is 12.5. The fourth-order valence-corrected chi connectivity index (χ4v) is 1.83. The van der Waals surface area contributed by atoms with Crippen molar-refractivity contribution in [1.82, 2.24) is 0 Å². The molecule has 0 aliphatic carbocycles. The van der Waals surface area contributed by atoms with Gasteiger partial charge in [0.15, 0.2) is 0 Å². The van der Waals surface area contributed by atoms with Crippen LogP contribution in [-0.2, 0) is 4.79 Å². The van der Waals surface area contributed by atoms with Gasteiger partial charge >= 0.3 is 0 Å². The second-order valence-corrected chi connectivity index (χ2v) is 3.82. The molecule has 0 atom stereocenters. The molecule has 0 radical (unpaired) electrons. The van der Waals surface area contributed by atoms with Gasteiger partial charge in [-0.3, -0.25) is 14.9 Å². The molecule has 0 aliphatic heterocycles. The van der Waals surface area contributed by atoms with Crippen molar-refractivity contribution in [3.05, 3.63) is 46.5 Å². The first-order valence-corrected chi connectivity index (χ1v) is 5.46. The lowest BCUT2D eigenvalue weighted by atomic mass is 10.1. The van der Waals surface area contributed by atoms with Gasteiger partial charge in [0.1, 0.15) is 6.42 Å². The molecule has 6 nitrogen and oxygen atoms in total. The Morgan fingerprint density at radius 3 is 2.63 bits per heavy atom. The first-order chi connectivity index (χ1) is 9.13. The van der Waals surface area contributed by atoms with Crippen LogP contribution in [0.1, 0.15) is 6.42 Å². The van der Waals surface area contributed by atoms with Gasteiger partial charge in [0.25, 0.3) is 5.69 Å². The zero-order valence-corrected chi connectivity index (χ0v) is 9.79. The number of carbonyl (C=O) groups excluding carboxylic acids is 1. The van der Waals surface area contributed by atoms with E-state index in [1.807, 2.05) is 0 Å². The molecule has 0 aromatic heterocycles. The van der Waals surface area contributed by atoms with E-state index in [9.17, 15) is 14.9 Å². The third kappa shape index (κ3) is 2.50. The molecule has 0 fully saturated rings. The number of nitrogens with zero attached hydrogens (tertiary/aromatic N) is 2. The molecule has 0 saturated carbocycles. The Hall–Kier alpha value is -2.94. The van der Waals surface area contributed by atoms with Gasteiger partial charge in [-0.2, -0.15) is 5.26 Å². The normalized spacial score (nSPS) is 9.84. The van der Waals surface area contributed by atoms with Crippen molar-refractivity contribution in [3.63, 3.8) is 0 Å². The Morgan fingerprint density at radius 2 is 1.95 bits per heavy atom. The van der Waals surface area contributed by atoms with Gasteiger partial charge in [0.2, 0.25) is 5.91 Å². The van der Waals surface area contributed by atoms with Crippen LogP contribution < -0.4 is 5.32 Å². The highest BCUT2D eigenvalue weighted by Gasteiger charge is 2.13. The van der Waals surface area contributed by atoms with E-state index in [0.29, 0.717) is 16.5 Å². The summed E-state index contributed by atoms with van der Waals surface area (Å²) in [5, 5.41) is 23.0. The molecule has 0 saturated heterocycles. The number of benzene rings is 2. The minimum atomic E-state index is -0.469. The number of anilines is 1. The number of non-ortho nitro benzene ring substituents is 1. The Balaban J connectivity index is 2.53. The van der Waals surface area contributed by atoms with Crippen LogP contribution in [0.3, 0.4) is 0 Å². The molecule has 0 heterocycles. The summed E-state index contributed by atoms with van der Waals surface area (Å²) < 4.78 is 0. The van der Waals surface area contributed by atoms with E-state index in [1.54, 1.807) is 36.4 Å². The topological polar surface area (TPSA) is 96.0 Å². The largest absolute Gasteiger partial charge is 0.325 e. The maximum Gasteiger partial charge on any atom is 0.277 e. The molecule has 0 unspecified atom stereocenters. The number of nitrogens with one attached hydrogen (secondary N) is 1. The number of hydrogen-bond donors (Lipinski definition) is 1. The van der Waals surface area contributed by atoms with Crippen molar-refractivity contribution in [2.75, 3.05) is 5.32 Å². The zero-order valence-electron chi connectivity index (χ0n) is 9.79. The minimum Gasteiger partial charge on any atom is -0.325 e. The van der Waals surface area contributed by atoms with E-state index < -0.39 is 10.8 Å². The predicted octanol–water partition coefficient (Wildman–Crippen LogP) is 2.60. The number of rotatable bonds is 3. The van der Waals surface area contributed by atoms with Crippen LogP contribution >= 0.6 is 0 Å². The van der Waals surface area contributed by atoms with Gasteiger partial charge in [0, 0.05) is 17.1 Å². The van der Waals surface area contributed by atoms with Gasteiger partial charge < -0.3 is 5.32 Å². The molecule has 1 N–H and O–H groups in total. The average molecular weight is 255 g/mol. The predicted molar refractivity (Wildman–Crippen MR) is 69.5 cm³/mol. The summed E-state index contributed by atoms with van der Waals surface area (Å²) in [6, 6.07) is 11.3. The van der Waals surface area contributed by atoms with Crippen LogP contribution in [0, 0.1) is 21.4 Å². The van der Waals surface area contributed by atoms with Crippen LogP contribution in [0.5, 0.6) is 0 Å². The van der Waals surface area contributed by atoms with Gasteiger partial charge in [-0.05, 0) is 12.1 Å². The summed E-state index contributed by atoms with van der Waals surface area (Å²) in [7, 11) is 0. The van der Waals surface area contributed by atoms with Crippen LogP contribution in [0.15, 0.2) is 36.4 Å². The lowest BCUT2D eigenvalue weighted by molar-refractivity contribution is -0.383. The third-order valence-corrected chi connectivity index (χ3v) is 2.61. The molecule has 0 spiro atoms. The molecular weight excluding hydrogens is 246 g/mol. The highest BCUT2D eigenvalue weighted by Crippen LogP contribution is 2.30. The van der Waals surface area contributed by atoms with E-state index in [4.69, 9.17) is 5.26 Å². The third-order valence-electron chi connectivity index (χ3n) is 2.61. The molecular formula is C13H9N3O3. The number of nitro benzene ring substituents is 1. The number of carbonyl (C=O) groups is 1. The van der Waals surface area contributed by atoms with E-state index in [1.165, 1.54) is 6.07 Å². The quantitative estimate of drug-likeness (QED) is 0.673. The SMILES string of the molecule is N#CCC(=O)Nc1cccc2c([N+](=O)[O-])cccc12. The summed E-state index contributed by atoms with van der Waals surface area (Å²) in [5.41, 5.74) is 0.440. The molecule has 19 heavy (non-hydrogen) atoms. The van der Waals surface area contributed by atoms with Crippen LogP contribution in [0.4, 0.5) is 11.4 Å². The van der Waals surface area contributed by atoms with Gasteiger partial charge in [-0.1, -0.05) is 18.2 Å². The second kappa shape index (κ2) is 5.14. The molecule has 2 aromatic carbocycles. The second-order valence-electron chi connectivity index (χ2n) is 3.82. The summed E-state index contributed by atoms with van der Waals surface area (Å²) in [6.07, 6.45) is -0.259. The van der Waals surface area contributed by atoms with Crippen LogP contribution in [-0.4, -0.2) is 10.8 Å². The lowest BCUT2D eigenvalue weighted by Crippen LogP contribution is -2.10. The van der Waals surface area contributed by atoms with Crippen molar-refractivity contribution >= 4 is 28.1 Å². The molecule has 6 heteroatoms. The summed E-state index contributed by atoms with van der Waals surface area (Å²) in [5.74, 6) is -0.443. The first-order valence-electron chi connectivity index (χ1n) is 5.46. The Bertz CT molecular complexity index is 704. The van der Waals surface area contributed by atoms with Crippen molar-refractivity contribution < 1.29 is 9.72 Å². The smallest absolute Gasteiger partial charge is 0.277 e. The standard InChI is InChI=1S/C13H9N3O3/c14-8-7-13(17)15-11-5-1-4-10-9(11)3-2-6-12(10)16(18)19/h1-6H,7H2,(H,15,17). The van der Waals surface area contributed by atoms with Gasteiger partial charge in [-0.25, -0.2) is 0 Å². The summed E-state index contributed by atoms with van der Waals surface area (Å²) >= 11 is 0. The fraction of sp³-hybridized carbons (Fsp3) is 0.0769. The van der Waals surface area contributed by atoms with E-state index in [0.717, 1.165) is 0 Å². The molecule has 94 valence electrons. The van der Waals surface area contributed by atoms with E-state index >= 15 is 0 Å². The number of nitriles is 1. The summed E-state index contributed by atoms with van der Waals surface area (Å²) in [6.45, 7) is 0. The maximum atomic E-state index is 11.4. The van der Waals surface area contributed by atoms with Crippen molar-refractivity contribution in [2.24, 2.45) is 0 Å². The fourth-order valence-electron chi connectivity index (χ4n) is 1.83. The Kier molecular flexibility index (Phi) is 3.39. The highest BCUT2D eigenvalue weighted by atomic mass is 16.6. The lowest BCUT2D eigenvalue weighted by Gasteiger charge is -2.07. The Labute approximate surface area is 108 Å². The van der Waals surface area contributed by atoms with E-state index in [2.05, 4.69) is 5.32 Å². The highest BCUT2D eigenvalue weighted by molar-refractivity contribution is 6.05. The van der Waals surface area contributed by atoms with E-state index in [-0.39, 0.29) is 12.1 Å². The Morgan fingerprint density at radius 1 is 1.26 bits per heavy atom. The number of nitro groups is 1. The van der Waals surface area contributed by atoms with Crippen LogP contribution in [0.2, 0.25) is 0 Å². The molecule has 0 aliphatic rings. The van der Waals surface area contributed by atoms with Gasteiger partial charge in [0.05, 0.1) is 16.4 Å². The molecule has 2 rings (SSSR count). The van der Waals surface area contributed by atoms with Crippen molar-refractivity contribution in [1.29, 1.82) is 5.26 Å². The number of amides is 1. The number of hydrogen-bond acceptors (Lipinski definition) is 4. The van der Waals surface area contributed by atoms with Crippen molar-refractivity contribution in [3.8, 4) is 6.07 Å². The monoisotopic (exact) mass is 255 g/mol. The molecule has 1 amide bonds. The average Bonchev–Trinajstić information content (AvgIpc) is 2.38. The summed E-state index contributed by atoms with van der Waals surface area (Å²) in [4.78, 5) is 21.9. The molecule has 0 bridgehead atoms. The maximum absolute atomic E-state index is 11.4. The molecule has 2 aromatic rings. The number of fused-ring (bicyclic) bond motifs is 1. The minimum absolute atomic E-state index is 0.0196. The zero-order chi connectivity index (χ0) is 13.8. The van der Waals surface area contributed by atoms with Crippen LogP contribution in [0.25, 0.3) is 10.8 Å². The van der Waals surface area contributed by atoms with Crippen molar-refractivity contribution in [2.45, 2.75) is 6.42 Å².